The van der Waals surface area contributed by atoms with E-state index in [4.69, 9.17) is 23.5 Å². The molecule has 13 heteroatoms. The van der Waals surface area contributed by atoms with Gasteiger partial charge in [-0.25, -0.2) is 4.18 Å². The smallest absolute Gasteiger partial charge is 0.397 e. The van der Waals surface area contributed by atoms with Crippen LogP contribution in [0.4, 0.5) is 0 Å². The third-order valence-corrected chi connectivity index (χ3v) is 10.8. The van der Waals surface area contributed by atoms with Gasteiger partial charge in [0.15, 0.2) is 6.29 Å². The average Bonchev–Trinajstić information content (AvgIpc) is 3.18. The lowest BCUT2D eigenvalue weighted by molar-refractivity contribution is -0.301. The summed E-state index contributed by atoms with van der Waals surface area (Å²) in [6, 6.07) is 0. The molecule has 0 spiro atoms. The van der Waals surface area contributed by atoms with Crippen LogP contribution in [0.15, 0.2) is 24.3 Å². The van der Waals surface area contributed by atoms with Gasteiger partial charge >= 0.3 is 16.4 Å². The number of hydrogen-bond donors (Lipinski definition) is 4. The van der Waals surface area contributed by atoms with Crippen molar-refractivity contribution in [2.75, 3.05) is 26.4 Å². The molecule has 1 aliphatic rings. The van der Waals surface area contributed by atoms with Crippen LogP contribution in [0.25, 0.3) is 0 Å². The molecule has 1 saturated heterocycles. The van der Waals surface area contributed by atoms with E-state index in [2.05, 4.69) is 42.3 Å². The highest BCUT2D eigenvalue weighted by Crippen LogP contribution is 2.26. The van der Waals surface area contributed by atoms with Gasteiger partial charge in [0, 0.05) is 13.0 Å². The number of rotatable bonds is 39. The van der Waals surface area contributed by atoms with Crippen molar-refractivity contribution in [3.05, 3.63) is 24.3 Å². The lowest BCUT2D eigenvalue weighted by atomic mass is 9.99. The minimum Gasteiger partial charge on any atom is -0.457 e. The molecule has 6 unspecified atom stereocenters. The normalized spacial score (nSPS) is 20.8. The van der Waals surface area contributed by atoms with Crippen LogP contribution in [0.5, 0.6) is 0 Å². The lowest BCUT2D eigenvalue weighted by Gasteiger charge is -2.41. The molecular formula is C44H82O12S. The first-order valence-electron chi connectivity index (χ1n) is 22.6. The highest BCUT2D eigenvalue weighted by Gasteiger charge is 2.48. The monoisotopic (exact) mass is 835 g/mol. The summed E-state index contributed by atoms with van der Waals surface area (Å²) in [5.41, 5.74) is 0. The number of unbranched alkanes of at least 4 members (excludes halogenated alkanes) is 22. The van der Waals surface area contributed by atoms with E-state index in [1.54, 1.807) is 0 Å². The molecule has 336 valence electrons. The van der Waals surface area contributed by atoms with Crippen molar-refractivity contribution < 1.29 is 56.2 Å². The topological polar surface area (TPSA) is 178 Å². The fraction of sp³-hybridized carbons (Fsp3) is 0.886. The predicted octanol–water partition coefficient (Wildman–Crippen LogP) is 9.24. The fourth-order valence-corrected chi connectivity index (χ4v) is 7.39. The maximum Gasteiger partial charge on any atom is 0.397 e. The van der Waals surface area contributed by atoms with Gasteiger partial charge in [-0.15, -0.1) is 0 Å². The van der Waals surface area contributed by atoms with Gasteiger partial charge in [-0.1, -0.05) is 160 Å². The van der Waals surface area contributed by atoms with Crippen molar-refractivity contribution in [2.45, 2.75) is 224 Å². The second kappa shape index (κ2) is 36.4. The van der Waals surface area contributed by atoms with Crippen LogP contribution in [-0.2, 0) is 38.3 Å². The van der Waals surface area contributed by atoms with Crippen molar-refractivity contribution in [1.82, 2.24) is 0 Å². The van der Waals surface area contributed by atoms with Crippen LogP contribution < -0.4 is 0 Å². The third kappa shape index (κ3) is 30.3. The summed E-state index contributed by atoms with van der Waals surface area (Å²) < 4.78 is 59.0. The molecule has 0 aliphatic carbocycles. The minimum atomic E-state index is -5.06. The second-order valence-corrected chi connectivity index (χ2v) is 16.7. The van der Waals surface area contributed by atoms with E-state index < -0.39 is 59.8 Å². The fourth-order valence-electron chi connectivity index (χ4n) is 6.88. The number of aliphatic hydroxyl groups is 3. The highest BCUT2D eigenvalue weighted by molar-refractivity contribution is 7.80. The van der Waals surface area contributed by atoms with Gasteiger partial charge in [-0.2, -0.15) is 8.42 Å². The molecule has 12 nitrogen and oxygen atoms in total. The molecule has 1 fully saturated rings. The molecule has 0 amide bonds. The van der Waals surface area contributed by atoms with Crippen LogP contribution in [0.2, 0.25) is 0 Å². The number of ether oxygens (including phenoxy) is 4. The molecule has 0 aromatic rings. The van der Waals surface area contributed by atoms with E-state index in [0.29, 0.717) is 13.0 Å². The van der Waals surface area contributed by atoms with Crippen LogP contribution >= 0.6 is 0 Å². The summed E-state index contributed by atoms with van der Waals surface area (Å²) in [6.45, 7) is 3.96. The van der Waals surface area contributed by atoms with Gasteiger partial charge in [0.25, 0.3) is 0 Å². The first kappa shape index (κ1) is 53.6. The maximum absolute atomic E-state index is 12.8. The van der Waals surface area contributed by atoms with E-state index >= 15 is 0 Å². The van der Waals surface area contributed by atoms with E-state index in [9.17, 15) is 28.5 Å². The molecule has 1 rings (SSSR count). The molecule has 4 N–H and O–H groups in total. The Balaban J connectivity index is 2.40. The zero-order valence-corrected chi connectivity index (χ0v) is 36.5. The molecular weight excluding hydrogens is 753 g/mol. The quantitative estimate of drug-likeness (QED) is 0.0200. The van der Waals surface area contributed by atoms with Crippen LogP contribution in [0, 0.1) is 0 Å². The summed E-state index contributed by atoms with van der Waals surface area (Å²) in [5.74, 6) is -0.403. The minimum absolute atomic E-state index is 0.0378. The summed E-state index contributed by atoms with van der Waals surface area (Å²) in [6.07, 6.45) is 30.7. The predicted molar refractivity (Wildman–Crippen MR) is 225 cm³/mol. The molecule has 1 aliphatic heterocycles. The van der Waals surface area contributed by atoms with Gasteiger partial charge in [-0.05, 0) is 44.9 Å². The van der Waals surface area contributed by atoms with Crippen molar-refractivity contribution in [3.8, 4) is 0 Å². The molecule has 0 aromatic carbocycles. The Morgan fingerprint density at radius 3 is 1.70 bits per heavy atom. The number of allylic oxidation sites excluding steroid dienone is 4. The van der Waals surface area contributed by atoms with Gasteiger partial charge in [-0.3, -0.25) is 9.35 Å². The Hall–Kier alpha value is -1.42. The summed E-state index contributed by atoms with van der Waals surface area (Å²) >= 11 is 0. The van der Waals surface area contributed by atoms with Gasteiger partial charge in [0.2, 0.25) is 0 Å². The van der Waals surface area contributed by atoms with Gasteiger partial charge in [0.1, 0.15) is 30.5 Å². The number of carbonyl (C=O) groups excluding carboxylic acids is 1. The van der Waals surface area contributed by atoms with E-state index in [1.807, 2.05) is 0 Å². The molecule has 1 heterocycles. The van der Waals surface area contributed by atoms with Crippen LogP contribution in [0.1, 0.15) is 187 Å². The summed E-state index contributed by atoms with van der Waals surface area (Å²) in [7, 11) is -5.06. The summed E-state index contributed by atoms with van der Waals surface area (Å²) in [4.78, 5) is 12.8. The number of esters is 1. The molecule has 0 aromatic heterocycles. The number of aliphatic hydroxyl groups excluding tert-OH is 3. The second-order valence-electron chi connectivity index (χ2n) is 15.6. The molecule has 57 heavy (non-hydrogen) atoms. The van der Waals surface area contributed by atoms with Gasteiger partial charge < -0.3 is 34.3 Å². The number of carbonyl (C=O) groups is 1. The molecule has 6 atom stereocenters. The molecule has 0 radical (unpaired) electrons. The standard InChI is InChI=1S/C44H82O12S/c1-3-5-7-9-11-13-15-16-17-18-19-20-21-22-23-25-27-29-31-33-40(46)54-38(36-52-34-32-30-28-26-24-14-12-10-8-6-4-2)37-53-44-42(48)43(56-57(49,50)51)41(47)39(35-45)55-44/h11,13,16-17,38-39,41-45,47-48H,3-10,12,14-15,18-37H2,1-2H3,(H,49,50,51)/b13-11-,17-16-. The van der Waals surface area contributed by atoms with Crippen molar-refractivity contribution in [3.63, 3.8) is 0 Å². The van der Waals surface area contributed by atoms with Crippen molar-refractivity contribution in [2.24, 2.45) is 0 Å². The Morgan fingerprint density at radius 2 is 1.16 bits per heavy atom. The van der Waals surface area contributed by atoms with Gasteiger partial charge in [0.05, 0.1) is 19.8 Å². The van der Waals surface area contributed by atoms with Crippen LogP contribution in [0.3, 0.4) is 0 Å². The maximum atomic E-state index is 12.8. The third-order valence-electron chi connectivity index (χ3n) is 10.3. The van der Waals surface area contributed by atoms with E-state index in [-0.39, 0.29) is 19.6 Å². The Kier molecular flexibility index (Phi) is 34.3. The Bertz CT molecular complexity index is 1100. The SMILES string of the molecule is CCCCC/C=C\C/C=C\CCCCCCCCCCCC(=O)OC(COCCCCCCCCCCCCC)COC1OC(CO)C(O)C(OS(=O)(=O)O)C1O. The first-order chi connectivity index (χ1) is 27.6. The Morgan fingerprint density at radius 1 is 0.667 bits per heavy atom. The lowest BCUT2D eigenvalue weighted by Crippen LogP contribution is -2.60. The Labute approximate surface area is 346 Å². The highest BCUT2D eigenvalue weighted by atomic mass is 32.3. The van der Waals surface area contributed by atoms with E-state index in [0.717, 1.165) is 51.4 Å². The molecule has 0 saturated carbocycles. The zero-order valence-electron chi connectivity index (χ0n) is 35.7. The largest absolute Gasteiger partial charge is 0.457 e. The number of hydrogen-bond acceptors (Lipinski definition) is 11. The van der Waals surface area contributed by atoms with Crippen molar-refractivity contribution >= 4 is 16.4 Å². The average molecular weight is 835 g/mol. The zero-order chi connectivity index (χ0) is 41.8. The van der Waals surface area contributed by atoms with Crippen LogP contribution in [-0.4, -0.2) is 97.5 Å². The van der Waals surface area contributed by atoms with Crippen molar-refractivity contribution in [1.29, 1.82) is 0 Å². The molecule has 0 bridgehead atoms. The first-order valence-corrected chi connectivity index (χ1v) is 24.0. The summed E-state index contributed by atoms with van der Waals surface area (Å²) in [5, 5.41) is 30.6. The van der Waals surface area contributed by atoms with E-state index in [1.165, 1.54) is 109 Å².